The number of amides is 1. The number of hydrogen-bond donors (Lipinski definition) is 2. The van der Waals surface area contributed by atoms with E-state index in [4.69, 9.17) is 10.5 Å². The summed E-state index contributed by atoms with van der Waals surface area (Å²) in [6.45, 7) is 6.07. The Kier molecular flexibility index (Phi) is 3.49. The predicted molar refractivity (Wildman–Crippen MR) is 76.2 cm³/mol. The molecule has 21 heavy (non-hydrogen) atoms. The van der Waals surface area contributed by atoms with Crippen molar-refractivity contribution < 1.29 is 9.53 Å². The molecule has 1 amide bonds. The zero-order valence-corrected chi connectivity index (χ0v) is 12.6. The summed E-state index contributed by atoms with van der Waals surface area (Å²) in [5.74, 6) is 0.0839. The SMILES string of the molecule is CC1(C)C2OCCC2C1(N)C(=O)NCCCn1ccnn1. The number of carbonyl (C=O) groups is 1. The van der Waals surface area contributed by atoms with Gasteiger partial charge in [-0.3, -0.25) is 9.48 Å². The van der Waals surface area contributed by atoms with Crippen LogP contribution in [-0.4, -0.2) is 45.7 Å². The van der Waals surface area contributed by atoms with Crippen LogP contribution in [0, 0.1) is 11.3 Å². The van der Waals surface area contributed by atoms with Crippen LogP contribution < -0.4 is 11.1 Å². The molecule has 3 unspecified atom stereocenters. The van der Waals surface area contributed by atoms with Gasteiger partial charge in [-0.05, 0) is 12.8 Å². The van der Waals surface area contributed by atoms with Crippen molar-refractivity contribution in [3.05, 3.63) is 12.4 Å². The third-order valence-electron chi connectivity index (χ3n) is 5.15. The topological polar surface area (TPSA) is 95.1 Å². The number of ether oxygens (including phenoxy) is 1. The van der Waals surface area contributed by atoms with Gasteiger partial charge < -0.3 is 15.8 Å². The number of fused-ring (bicyclic) bond motifs is 1. The van der Waals surface area contributed by atoms with E-state index in [9.17, 15) is 4.79 Å². The molecule has 0 radical (unpaired) electrons. The number of nitrogens with zero attached hydrogens (tertiary/aromatic N) is 3. The Balaban J connectivity index is 1.53. The van der Waals surface area contributed by atoms with Crippen LogP contribution in [0.5, 0.6) is 0 Å². The van der Waals surface area contributed by atoms with E-state index in [-0.39, 0.29) is 23.3 Å². The van der Waals surface area contributed by atoms with Crippen molar-refractivity contribution in [2.45, 2.75) is 44.9 Å². The van der Waals surface area contributed by atoms with E-state index in [1.54, 1.807) is 10.9 Å². The van der Waals surface area contributed by atoms with Crippen LogP contribution in [0.2, 0.25) is 0 Å². The van der Waals surface area contributed by atoms with Gasteiger partial charge in [0.1, 0.15) is 5.54 Å². The lowest BCUT2D eigenvalue weighted by Crippen LogP contribution is -2.80. The number of aromatic nitrogens is 3. The molecular formula is C14H23N5O2. The van der Waals surface area contributed by atoms with Gasteiger partial charge >= 0.3 is 0 Å². The van der Waals surface area contributed by atoms with Crippen LogP contribution in [0.15, 0.2) is 12.4 Å². The Labute approximate surface area is 124 Å². The van der Waals surface area contributed by atoms with E-state index in [0.717, 1.165) is 19.4 Å². The second-order valence-corrected chi connectivity index (χ2v) is 6.55. The standard InChI is InChI=1S/C14H23N5O2/c1-13(2)11-10(4-9-21-11)14(13,15)12(20)16-5-3-7-19-8-6-17-18-19/h6,8,10-11H,3-5,7,9,15H2,1-2H3,(H,16,20). The highest BCUT2D eigenvalue weighted by Gasteiger charge is 2.71. The zero-order valence-electron chi connectivity index (χ0n) is 12.6. The van der Waals surface area contributed by atoms with Crippen molar-refractivity contribution in [3.8, 4) is 0 Å². The number of hydrogen-bond acceptors (Lipinski definition) is 5. The minimum Gasteiger partial charge on any atom is -0.377 e. The van der Waals surface area contributed by atoms with Crippen molar-refractivity contribution in [3.63, 3.8) is 0 Å². The fourth-order valence-electron chi connectivity index (χ4n) is 3.79. The van der Waals surface area contributed by atoms with E-state index < -0.39 is 5.54 Å². The molecule has 0 aromatic carbocycles. The quantitative estimate of drug-likeness (QED) is 0.741. The Bertz CT molecular complexity index is 515. The van der Waals surface area contributed by atoms with Gasteiger partial charge in [-0.1, -0.05) is 19.1 Å². The van der Waals surface area contributed by atoms with Crippen LogP contribution in [0.1, 0.15) is 26.7 Å². The fraction of sp³-hybridized carbons (Fsp3) is 0.786. The van der Waals surface area contributed by atoms with Crippen molar-refractivity contribution in [1.82, 2.24) is 20.3 Å². The van der Waals surface area contributed by atoms with Crippen molar-refractivity contribution in [1.29, 1.82) is 0 Å². The zero-order chi connectivity index (χ0) is 15.1. The van der Waals surface area contributed by atoms with Crippen LogP contribution in [-0.2, 0) is 16.1 Å². The van der Waals surface area contributed by atoms with Crippen molar-refractivity contribution >= 4 is 5.91 Å². The van der Waals surface area contributed by atoms with E-state index in [1.165, 1.54) is 0 Å². The molecule has 3 atom stereocenters. The molecular weight excluding hydrogens is 270 g/mol. The molecule has 2 fully saturated rings. The van der Waals surface area contributed by atoms with Crippen molar-refractivity contribution in [2.24, 2.45) is 17.1 Å². The average molecular weight is 293 g/mol. The molecule has 1 saturated heterocycles. The molecule has 1 saturated carbocycles. The highest BCUT2D eigenvalue weighted by molar-refractivity contribution is 5.89. The maximum atomic E-state index is 12.5. The normalized spacial score (nSPS) is 33.3. The number of nitrogens with one attached hydrogen (secondary N) is 1. The number of nitrogens with two attached hydrogens (primary N) is 1. The molecule has 0 spiro atoms. The highest BCUT2D eigenvalue weighted by atomic mass is 16.5. The summed E-state index contributed by atoms with van der Waals surface area (Å²) in [6.07, 6.45) is 5.24. The second kappa shape index (κ2) is 5.06. The number of carbonyl (C=O) groups excluding carboxylic acids is 1. The van der Waals surface area contributed by atoms with Crippen LogP contribution in [0.3, 0.4) is 0 Å². The van der Waals surface area contributed by atoms with Gasteiger partial charge in [-0.25, -0.2) is 0 Å². The highest BCUT2D eigenvalue weighted by Crippen LogP contribution is 2.58. The minimum absolute atomic E-state index is 0.0576. The van der Waals surface area contributed by atoms with E-state index >= 15 is 0 Å². The van der Waals surface area contributed by atoms with Crippen LogP contribution >= 0.6 is 0 Å². The third kappa shape index (κ3) is 2.06. The number of rotatable bonds is 5. The summed E-state index contributed by atoms with van der Waals surface area (Å²) in [5.41, 5.74) is 5.33. The molecule has 0 bridgehead atoms. The molecule has 2 aliphatic rings. The summed E-state index contributed by atoms with van der Waals surface area (Å²) in [4.78, 5) is 12.5. The molecule has 7 heteroatoms. The van der Waals surface area contributed by atoms with Gasteiger partial charge in [0, 0.05) is 37.2 Å². The smallest absolute Gasteiger partial charge is 0.241 e. The largest absolute Gasteiger partial charge is 0.377 e. The van der Waals surface area contributed by atoms with Crippen LogP contribution in [0.4, 0.5) is 0 Å². The van der Waals surface area contributed by atoms with Gasteiger partial charge in [-0.2, -0.15) is 0 Å². The lowest BCUT2D eigenvalue weighted by atomic mass is 9.48. The van der Waals surface area contributed by atoms with Crippen molar-refractivity contribution in [2.75, 3.05) is 13.2 Å². The van der Waals surface area contributed by atoms with Gasteiger partial charge in [0.25, 0.3) is 0 Å². The molecule has 116 valence electrons. The van der Waals surface area contributed by atoms with Gasteiger partial charge in [0.15, 0.2) is 0 Å². The molecule has 3 N–H and O–H groups in total. The Hall–Kier alpha value is -1.47. The summed E-state index contributed by atoms with van der Waals surface area (Å²) in [7, 11) is 0. The summed E-state index contributed by atoms with van der Waals surface area (Å²) in [6, 6.07) is 0. The fourth-order valence-corrected chi connectivity index (χ4v) is 3.79. The summed E-state index contributed by atoms with van der Waals surface area (Å²) in [5, 5.41) is 10.6. The predicted octanol–water partition coefficient (Wildman–Crippen LogP) is -0.0732. The summed E-state index contributed by atoms with van der Waals surface area (Å²) < 4.78 is 7.46. The molecule has 1 aromatic heterocycles. The lowest BCUT2D eigenvalue weighted by Gasteiger charge is -2.60. The summed E-state index contributed by atoms with van der Waals surface area (Å²) >= 11 is 0. The van der Waals surface area contributed by atoms with E-state index in [2.05, 4.69) is 15.6 Å². The Morgan fingerprint density at radius 3 is 3.10 bits per heavy atom. The monoisotopic (exact) mass is 293 g/mol. The van der Waals surface area contributed by atoms with Gasteiger partial charge in [0.05, 0.1) is 12.3 Å². The number of aryl methyl sites for hydroxylation is 1. The minimum atomic E-state index is -0.818. The first-order valence-electron chi connectivity index (χ1n) is 7.51. The maximum absolute atomic E-state index is 12.5. The third-order valence-corrected chi connectivity index (χ3v) is 5.15. The van der Waals surface area contributed by atoms with Gasteiger partial charge in [-0.15, -0.1) is 5.10 Å². The maximum Gasteiger partial charge on any atom is 0.241 e. The van der Waals surface area contributed by atoms with E-state index in [0.29, 0.717) is 13.2 Å². The molecule has 1 aromatic rings. The van der Waals surface area contributed by atoms with Gasteiger partial charge in [0.2, 0.25) is 5.91 Å². The molecule has 7 nitrogen and oxygen atoms in total. The molecule has 2 heterocycles. The first kappa shape index (κ1) is 14.5. The Morgan fingerprint density at radius 2 is 2.38 bits per heavy atom. The average Bonchev–Trinajstić information content (AvgIpc) is 3.12. The molecule has 3 rings (SSSR count). The first-order chi connectivity index (χ1) is 9.98. The second-order valence-electron chi connectivity index (χ2n) is 6.55. The molecule has 1 aliphatic carbocycles. The van der Waals surface area contributed by atoms with Crippen LogP contribution in [0.25, 0.3) is 0 Å². The lowest BCUT2D eigenvalue weighted by molar-refractivity contribution is -0.175. The first-order valence-corrected chi connectivity index (χ1v) is 7.51. The Morgan fingerprint density at radius 1 is 1.57 bits per heavy atom. The molecule has 1 aliphatic heterocycles. The van der Waals surface area contributed by atoms with E-state index in [1.807, 2.05) is 20.0 Å².